The van der Waals surface area contributed by atoms with Crippen LogP contribution in [-0.2, 0) is 0 Å². The van der Waals surface area contributed by atoms with Crippen LogP contribution in [-0.4, -0.2) is 10.1 Å². The number of thiazole rings is 1. The summed E-state index contributed by atoms with van der Waals surface area (Å²) >= 11 is 5.09. The highest BCUT2D eigenvalue weighted by Crippen LogP contribution is 2.31. The molecule has 1 aromatic heterocycles. The molecule has 2 N–H and O–H groups in total. The average molecular weight is 341 g/mol. The zero-order valence-electron chi connectivity index (χ0n) is 10.9. The number of aromatic hydroxyl groups is 1. The van der Waals surface area contributed by atoms with E-state index in [1.165, 1.54) is 0 Å². The molecule has 2 aromatic rings. The van der Waals surface area contributed by atoms with Crippen LogP contribution >= 0.6 is 27.3 Å². The summed E-state index contributed by atoms with van der Waals surface area (Å²) < 4.78 is 0.974. The number of halogens is 1. The fourth-order valence-electron chi connectivity index (χ4n) is 2.05. The van der Waals surface area contributed by atoms with Gasteiger partial charge in [0.1, 0.15) is 10.8 Å². The predicted octanol–water partition coefficient (Wildman–Crippen LogP) is 4.41. The number of hydrogen-bond acceptors (Lipinski definition) is 4. The van der Waals surface area contributed by atoms with Crippen LogP contribution in [0.25, 0.3) is 0 Å². The van der Waals surface area contributed by atoms with E-state index in [4.69, 9.17) is 0 Å². The maximum Gasteiger partial charge on any atom is 0.120 e. The monoisotopic (exact) mass is 340 g/mol. The molecule has 3 nitrogen and oxygen atoms in total. The summed E-state index contributed by atoms with van der Waals surface area (Å²) in [5.74, 6) is 0.328. The topological polar surface area (TPSA) is 45.2 Å². The molecule has 1 heterocycles. The minimum atomic E-state index is 0.108. The van der Waals surface area contributed by atoms with Crippen molar-refractivity contribution in [3.05, 3.63) is 44.8 Å². The van der Waals surface area contributed by atoms with Crippen LogP contribution in [0.3, 0.4) is 0 Å². The molecule has 0 bridgehead atoms. The molecule has 1 aromatic carbocycles. The zero-order valence-corrected chi connectivity index (χ0v) is 13.3. The van der Waals surface area contributed by atoms with Gasteiger partial charge in [0.05, 0.1) is 6.04 Å². The normalized spacial score (nSPS) is 14.3. The van der Waals surface area contributed by atoms with Gasteiger partial charge in [-0.25, -0.2) is 4.98 Å². The van der Waals surface area contributed by atoms with E-state index in [1.54, 1.807) is 17.4 Å². The summed E-state index contributed by atoms with van der Waals surface area (Å²) in [6.07, 6.45) is 2.72. The molecule has 0 spiro atoms. The third kappa shape index (κ3) is 3.55. The van der Waals surface area contributed by atoms with Crippen LogP contribution in [0.5, 0.6) is 5.75 Å². The van der Waals surface area contributed by atoms with Crippen LogP contribution in [0.1, 0.15) is 42.9 Å². The Bertz CT molecular complexity index is 530. The minimum Gasteiger partial charge on any atom is -0.508 e. The van der Waals surface area contributed by atoms with Crippen molar-refractivity contribution in [2.24, 2.45) is 0 Å². The van der Waals surface area contributed by atoms with E-state index in [9.17, 15) is 5.11 Å². The summed E-state index contributed by atoms with van der Waals surface area (Å²) in [4.78, 5) is 4.32. The maximum atomic E-state index is 10.0. The highest BCUT2D eigenvalue weighted by atomic mass is 79.9. The Labute approximate surface area is 125 Å². The van der Waals surface area contributed by atoms with Crippen molar-refractivity contribution in [1.82, 2.24) is 10.3 Å². The average Bonchev–Trinajstić information content (AvgIpc) is 2.93. The fraction of sp³-hybridized carbons (Fsp3) is 0.357. The van der Waals surface area contributed by atoms with Crippen LogP contribution in [0.15, 0.2) is 34.2 Å². The predicted molar refractivity (Wildman–Crippen MR) is 82.5 cm³/mol. The molecule has 0 radical (unpaired) electrons. The van der Waals surface area contributed by atoms with Gasteiger partial charge in [-0.15, -0.1) is 11.3 Å². The SMILES string of the molecule is CCC(NC(C)c1nccs1)c1cc(Br)ccc1O. The maximum absolute atomic E-state index is 10.0. The van der Waals surface area contributed by atoms with Crippen molar-refractivity contribution >= 4 is 27.3 Å². The number of phenols is 1. The number of hydrogen-bond donors (Lipinski definition) is 2. The van der Waals surface area contributed by atoms with E-state index in [1.807, 2.05) is 23.7 Å². The van der Waals surface area contributed by atoms with Gasteiger partial charge in [0, 0.05) is 27.7 Å². The number of nitrogens with one attached hydrogen (secondary N) is 1. The molecule has 0 fully saturated rings. The summed E-state index contributed by atoms with van der Waals surface area (Å²) in [5, 5.41) is 16.6. The standard InChI is InChI=1S/C14H17BrN2OS/c1-3-12(11-8-10(15)4-5-13(11)18)17-9(2)14-16-6-7-19-14/h4-9,12,17-18H,3H2,1-2H3. The Morgan fingerprint density at radius 1 is 1.47 bits per heavy atom. The molecule has 2 atom stereocenters. The summed E-state index contributed by atoms with van der Waals surface area (Å²) in [6, 6.07) is 5.80. The van der Waals surface area contributed by atoms with Crippen LogP contribution in [0.2, 0.25) is 0 Å². The first kappa shape index (κ1) is 14.5. The van der Waals surface area contributed by atoms with E-state index in [0.29, 0.717) is 5.75 Å². The summed E-state index contributed by atoms with van der Waals surface area (Å²) in [6.45, 7) is 4.20. The Morgan fingerprint density at radius 3 is 2.89 bits per heavy atom. The molecule has 2 rings (SSSR count). The molecule has 0 amide bonds. The number of benzene rings is 1. The lowest BCUT2D eigenvalue weighted by Crippen LogP contribution is -2.24. The lowest BCUT2D eigenvalue weighted by molar-refractivity contribution is 0.418. The van der Waals surface area contributed by atoms with Gasteiger partial charge < -0.3 is 10.4 Å². The highest BCUT2D eigenvalue weighted by Gasteiger charge is 2.18. The first-order valence-electron chi connectivity index (χ1n) is 6.25. The number of phenolic OH excluding ortho intramolecular Hbond substituents is 1. The first-order valence-corrected chi connectivity index (χ1v) is 7.93. The molecule has 0 aliphatic heterocycles. The van der Waals surface area contributed by atoms with Crippen molar-refractivity contribution in [2.75, 3.05) is 0 Å². The Morgan fingerprint density at radius 2 is 2.26 bits per heavy atom. The molecule has 0 aliphatic rings. The van der Waals surface area contributed by atoms with Crippen molar-refractivity contribution in [3.63, 3.8) is 0 Å². The van der Waals surface area contributed by atoms with Gasteiger partial charge in [0.2, 0.25) is 0 Å². The van der Waals surface area contributed by atoms with Crippen molar-refractivity contribution in [3.8, 4) is 5.75 Å². The molecular formula is C14H17BrN2OS. The Balaban J connectivity index is 2.18. The lowest BCUT2D eigenvalue weighted by Gasteiger charge is -2.22. The third-order valence-corrected chi connectivity index (χ3v) is 4.50. The number of rotatable bonds is 5. The van der Waals surface area contributed by atoms with Gasteiger partial charge in [-0.05, 0) is 31.5 Å². The number of aromatic nitrogens is 1. The van der Waals surface area contributed by atoms with E-state index < -0.39 is 0 Å². The quantitative estimate of drug-likeness (QED) is 0.847. The van der Waals surface area contributed by atoms with Gasteiger partial charge in [-0.2, -0.15) is 0 Å². The van der Waals surface area contributed by atoms with Crippen LogP contribution in [0.4, 0.5) is 0 Å². The molecule has 0 aliphatic carbocycles. The van der Waals surface area contributed by atoms with Crippen molar-refractivity contribution in [1.29, 1.82) is 0 Å². The molecule has 5 heteroatoms. The van der Waals surface area contributed by atoms with Gasteiger partial charge in [0.15, 0.2) is 0 Å². The Hall–Kier alpha value is -0.910. The van der Waals surface area contributed by atoms with Gasteiger partial charge >= 0.3 is 0 Å². The second-order valence-corrected chi connectivity index (χ2v) is 6.26. The van der Waals surface area contributed by atoms with Gasteiger partial charge in [-0.3, -0.25) is 0 Å². The second kappa shape index (κ2) is 6.50. The third-order valence-electron chi connectivity index (χ3n) is 3.05. The molecule has 0 saturated heterocycles. The largest absolute Gasteiger partial charge is 0.508 e. The molecule has 102 valence electrons. The minimum absolute atomic E-state index is 0.108. The summed E-state index contributed by atoms with van der Waals surface area (Å²) in [7, 11) is 0. The van der Waals surface area contributed by atoms with Crippen LogP contribution < -0.4 is 5.32 Å². The van der Waals surface area contributed by atoms with E-state index in [-0.39, 0.29) is 12.1 Å². The van der Waals surface area contributed by atoms with Gasteiger partial charge in [0.25, 0.3) is 0 Å². The Kier molecular flexibility index (Phi) is 4.96. The second-order valence-electron chi connectivity index (χ2n) is 4.42. The van der Waals surface area contributed by atoms with Crippen molar-refractivity contribution in [2.45, 2.75) is 32.4 Å². The molecular weight excluding hydrogens is 324 g/mol. The smallest absolute Gasteiger partial charge is 0.120 e. The first-order chi connectivity index (χ1) is 9.11. The van der Waals surface area contributed by atoms with E-state index >= 15 is 0 Å². The molecule has 19 heavy (non-hydrogen) atoms. The van der Waals surface area contributed by atoms with Crippen LogP contribution in [0, 0.1) is 0 Å². The fourth-order valence-corrected chi connectivity index (χ4v) is 3.09. The lowest BCUT2D eigenvalue weighted by atomic mass is 10.0. The van der Waals surface area contributed by atoms with Gasteiger partial charge in [-0.1, -0.05) is 22.9 Å². The molecule has 2 unspecified atom stereocenters. The molecule has 0 saturated carbocycles. The highest BCUT2D eigenvalue weighted by molar-refractivity contribution is 9.10. The number of nitrogens with zero attached hydrogens (tertiary/aromatic N) is 1. The van der Waals surface area contributed by atoms with E-state index in [2.05, 4.69) is 40.1 Å². The zero-order chi connectivity index (χ0) is 13.8. The van der Waals surface area contributed by atoms with Crippen molar-refractivity contribution < 1.29 is 5.11 Å². The summed E-state index contributed by atoms with van der Waals surface area (Å²) in [5.41, 5.74) is 0.917. The van der Waals surface area contributed by atoms with E-state index in [0.717, 1.165) is 21.5 Å².